The zero-order valence-corrected chi connectivity index (χ0v) is 9.77. The van der Waals surface area contributed by atoms with Gasteiger partial charge in [0.15, 0.2) is 0 Å². The molecular formula is CuSiSnZn. The molecule has 0 aliphatic heterocycles. The van der Waals surface area contributed by atoms with Gasteiger partial charge in [-0.2, -0.15) is 0 Å². The van der Waals surface area contributed by atoms with Crippen LogP contribution in [0.5, 0.6) is 0 Å². The summed E-state index contributed by atoms with van der Waals surface area (Å²) in [4.78, 5) is 0. The zero-order chi connectivity index (χ0) is 0. The molecule has 0 spiro atoms. The molecule has 0 N–H and O–H groups in total. The summed E-state index contributed by atoms with van der Waals surface area (Å²) in [6.45, 7) is 0. The molecule has 0 aliphatic carbocycles. The van der Waals surface area contributed by atoms with Crippen LogP contribution in [0, 0.1) is 0 Å². The molecule has 4 heavy (non-hydrogen) atoms. The van der Waals surface area contributed by atoms with E-state index in [-0.39, 0.29) is 71.4 Å². The van der Waals surface area contributed by atoms with E-state index in [9.17, 15) is 0 Å². The Hall–Kier alpha value is 2.16. The van der Waals surface area contributed by atoms with Crippen molar-refractivity contribution in [2.45, 2.75) is 0 Å². The van der Waals surface area contributed by atoms with Crippen LogP contribution >= 0.6 is 0 Å². The van der Waals surface area contributed by atoms with Crippen molar-refractivity contribution in [3.8, 4) is 0 Å². The summed E-state index contributed by atoms with van der Waals surface area (Å²) in [6, 6.07) is 0. The van der Waals surface area contributed by atoms with E-state index in [1.54, 1.807) is 0 Å². The van der Waals surface area contributed by atoms with Crippen LogP contribution in [0.1, 0.15) is 0 Å². The minimum atomic E-state index is 0. The summed E-state index contributed by atoms with van der Waals surface area (Å²) in [5, 5.41) is 0. The van der Waals surface area contributed by atoms with E-state index in [1.807, 2.05) is 0 Å². The molecule has 0 unspecified atom stereocenters. The third kappa shape index (κ3) is 8.90. The maximum atomic E-state index is 0. The van der Waals surface area contributed by atoms with Crippen LogP contribution in [0.25, 0.3) is 0 Å². The van der Waals surface area contributed by atoms with Gasteiger partial charge in [0.1, 0.15) is 0 Å². The second kappa shape index (κ2) is 19.1. The molecule has 0 saturated heterocycles. The molecule has 0 heterocycles. The molecule has 0 aromatic heterocycles. The first kappa shape index (κ1) is 35.2. The third-order valence-electron chi connectivity index (χ3n) is 0. The first-order chi connectivity index (χ1) is 0. The molecule has 4 heteroatoms. The van der Waals surface area contributed by atoms with Crippen molar-refractivity contribution >= 4 is 34.9 Å². The summed E-state index contributed by atoms with van der Waals surface area (Å²) in [7, 11) is 0. The van der Waals surface area contributed by atoms with Gasteiger partial charge in [-0.1, -0.05) is 0 Å². The molecule has 0 saturated carbocycles. The van der Waals surface area contributed by atoms with Crippen molar-refractivity contribution in [3.63, 3.8) is 0 Å². The van der Waals surface area contributed by atoms with Crippen LogP contribution in [-0.2, 0) is 36.5 Å². The Morgan fingerprint density at radius 2 is 1.00 bits per heavy atom. The van der Waals surface area contributed by atoms with E-state index in [0.29, 0.717) is 0 Å². The van der Waals surface area contributed by atoms with Gasteiger partial charge in [-0.05, 0) is 0 Å². The fraction of sp³-hybridized carbons (Fsp3) is 0. The molecule has 0 amide bonds. The van der Waals surface area contributed by atoms with Gasteiger partial charge in [-0.25, -0.2) is 0 Å². The van der Waals surface area contributed by atoms with E-state index in [1.165, 1.54) is 0 Å². The molecular weight excluding hydrogens is 276 g/mol. The second-order valence-corrected chi connectivity index (χ2v) is 0. The topological polar surface area (TPSA) is 0 Å². The van der Waals surface area contributed by atoms with Crippen molar-refractivity contribution in [1.82, 2.24) is 0 Å². The van der Waals surface area contributed by atoms with Crippen molar-refractivity contribution in [2.75, 3.05) is 0 Å². The van der Waals surface area contributed by atoms with Crippen molar-refractivity contribution < 1.29 is 36.5 Å². The maximum Gasteiger partial charge on any atom is 0 e. The SMILES string of the molecule is [Cu].[Si].[Sn].[Zn]. The predicted molar refractivity (Wildman–Crippen MR) is 11.5 cm³/mol. The van der Waals surface area contributed by atoms with Crippen LogP contribution in [0.2, 0.25) is 0 Å². The number of hydrogen-bond donors (Lipinski definition) is 0. The Balaban J connectivity index is 0. The van der Waals surface area contributed by atoms with Gasteiger partial charge in [0, 0.05) is 71.4 Å². The van der Waals surface area contributed by atoms with E-state index in [0.717, 1.165) is 0 Å². The summed E-state index contributed by atoms with van der Waals surface area (Å²) in [5.74, 6) is 0. The molecule has 0 nitrogen and oxygen atoms in total. The van der Waals surface area contributed by atoms with Crippen LogP contribution in [0.15, 0.2) is 0 Å². The quantitative estimate of drug-likeness (QED) is 0.510. The van der Waals surface area contributed by atoms with Gasteiger partial charge in [-0.3, -0.25) is 0 Å². The summed E-state index contributed by atoms with van der Waals surface area (Å²) >= 11 is 0. The van der Waals surface area contributed by atoms with E-state index in [4.69, 9.17) is 0 Å². The molecule has 0 fully saturated rings. The minimum absolute atomic E-state index is 0. The van der Waals surface area contributed by atoms with Crippen LogP contribution in [-0.4, -0.2) is 34.9 Å². The summed E-state index contributed by atoms with van der Waals surface area (Å²) < 4.78 is 0. The van der Waals surface area contributed by atoms with E-state index in [2.05, 4.69) is 0 Å². The van der Waals surface area contributed by atoms with Gasteiger partial charge in [-0.15, -0.1) is 0 Å². The molecule has 9 radical (unpaired) electrons. The maximum absolute atomic E-state index is 0. The predicted octanol–water partition coefficient (Wildman–Crippen LogP) is -0.767. The van der Waals surface area contributed by atoms with E-state index >= 15 is 0 Å². The second-order valence-electron chi connectivity index (χ2n) is 0. The minimum Gasteiger partial charge on any atom is 0 e. The van der Waals surface area contributed by atoms with Crippen molar-refractivity contribution in [3.05, 3.63) is 0 Å². The number of rotatable bonds is 0. The Labute approximate surface area is 70.7 Å². The Morgan fingerprint density at radius 3 is 1.00 bits per heavy atom. The van der Waals surface area contributed by atoms with Gasteiger partial charge in [0.2, 0.25) is 0 Å². The Kier molecular flexibility index (Phi) is 168. The summed E-state index contributed by atoms with van der Waals surface area (Å²) in [5.41, 5.74) is 0. The average Bonchev–Trinajstić information content (AvgIpc) is 0. The third-order valence-corrected chi connectivity index (χ3v) is 0. The van der Waals surface area contributed by atoms with E-state index < -0.39 is 0 Å². The molecule has 0 rings (SSSR count). The average molecular weight is 276 g/mol. The summed E-state index contributed by atoms with van der Waals surface area (Å²) in [6.07, 6.45) is 0. The van der Waals surface area contributed by atoms with Crippen molar-refractivity contribution in [1.29, 1.82) is 0 Å². The van der Waals surface area contributed by atoms with Gasteiger partial charge in [0.05, 0.1) is 0 Å². The monoisotopic (exact) mass is 275 g/mol. The molecule has 0 aromatic carbocycles. The smallest absolute Gasteiger partial charge is 0 e. The molecule has 0 aliphatic rings. The van der Waals surface area contributed by atoms with Crippen LogP contribution in [0.3, 0.4) is 0 Å². The molecule has 0 atom stereocenters. The Morgan fingerprint density at radius 1 is 1.00 bits per heavy atom. The molecule has 0 aromatic rings. The van der Waals surface area contributed by atoms with Crippen molar-refractivity contribution in [2.24, 2.45) is 0 Å². The molecule has 0 bridgehead atoms. The first-order valence-electron chi connectivity index (χ1n) is 0. The van der Waals surface area contributed by atoms with Gasteiger partial charge in [0.25, 0.3) is 0 Å². The molecule has 21 valence electrons. The van der Waals surface area contributed by atoms with Gasteiger partial charge >= 0.3 is 0 Å². The van der Waals surface area contributed by atoms with Crippen LogP contribution < -0.4 is 0 Å². The fourth-order valence-corrected chi connectivity index (χ4v) is 0. The first-order valence-corrected chi connectivity index (χ1v) is 0. The van der Waals surface area contributed by atoms with Crippen LogP contribution in [0.4, 0.5) is 0 Å². The van der Waals surface area contributed by atoms with Gasteiger partial charge < -0.3 is 0 Å². The standard InChI is InChI=1S/Cu.Si.Sn.Zn. The zero-order valence-electron chi connectivity index (χ0n) is 2.01. The largest absolute Gasteiger partial charge is 0 e. The fourth-order valence-electron chi connectivity index (χ4n) is 0. The number of hydrogen-bond acceptors (Lipinski definition) is 0. The normalized spacial score (nSPS) is 0. The Bertz CT molecular complexity index is 8.00.